The summed E-state index contributed by atoms with van der Waals surface area (Å²) in [6.45, 7) is 8.76. The lowest BCUT2D eigenvalue weighted by Gasteiger charge is -2.33. The maximum atomic E-state index is 12.2. The Morgan fingerprint density at radius 2 is 2.27 bits per heavy atom. The molecule has 7 heteroatoms. The number of amides is 1. The normalized spacial score (nSPS) is 23.7. The molecule has 3 heterocycles. The van der Waals surface area contributed by atoms with Gasteiger partial charge in [-0.2, -0.15) is 0 Å². The number of piperazine rings is 1. The van der Waals surface area contributed by atoms with Crippen molar-refractivity contribution in [2.75, 3.05) is 52.4 Å². The van der Waals surface area contributed by atoms with Crippen molar-refractivity contribution in [3.63, 3.8) is 0 Å². The van der Waals surface area contributed by atoms with Crippen LogP contribution in [0.1, 0.15) is 23.2 Å². The van der Waals surface area contributed by atoms with Crippen LogP contribution in [0.5, 0.6) is 0 Å². The molecule has 2 aliphatic heterocycles. The highest BCUT2D eigenvalue weighted by Gasteiger charge is 2.25. The number of aromatic nitrogens is 1. The molecule has 1 amide bonds. The van der Waals surface area contributed by atoms with E-state index < -0.39 is 0 Å². The Bertz CT molecular complexity index is 501. The fourth-order valence-corrected chi connectivity index (χ4v) is 3.74. The first-order valence-electron chi connectivity index (χ1n) is 7.97. The first kappa shape index (κ1) is 15.9. The van der Waals surface area contributed by atoms with Gasteiger partial charge in [0.25, 0.3) is 0 Å². The van der Waals surface area contributed by atoms with E-state index in [0.29, 0.717) is 13.0 Å². The van der Waals surface area contributed by atoms with Crippen LogP contribution < -0.4 is 5.32 Å². The van der Waals surface area contributed by atoms with Crippen molar-refractivity contribution >= 4 is 17.2 Å². The number of carbonyl (C=O) groups excluding carboxylic acids is 1. The third-order valence-corrected chi connectivity index (χ3v) is 5.23. The molecule has 6 nitrogen and oxygen atoms in total. The lowest BCUT2D eigenvalue weighted by molar-refractivity contribution is -0.132. The van der Waals surface area contributed by atoms with E-state index >= 15 is 0 Å². The Labute approximate surface area is 135 Å². The van der Waals surface area contributed by atoms with Crippen molar-refractivity contribution in [1.82, 2.24) is 20.1 Å². The maximum Gasteiger partial charge on any atom is 0.223 e. The number of aryl methyl sites for hydroxylation is 1. The quantitative estimate of drug-likeness (QED) is 0.881. The average Bonchev–Trinajstić information content (AvgIpc) is 3.00. The van der Waals surface area contributed by atoms with E-state index in [9.17, 15) is 4.79 Å². The zero-order chi connectivity index (χ0) is 15.4. The summed E-state index contributed by atoms with van der Waals surface area (Å²) in [5.74, 6) is 0.273. The van der Waals surface area contributed by atoms with Gasteiger partial charge in [-0.15, -0.1) is 11.3 Å². The van der Waals surface area contributed by atoms with E-state index in [0.717, 1.165) is 56.5 Å². The van der Waals surface area contributed by atoms with Gasteiger partial charge >= 0.3 is 0 Å². The molecule has 0 saturated carbocycles. The summed E-state index contributed by atoms with van der Waals surface area (Å²) in [7, 11) is 0. The van der Waals surface area contributed by atoms with Crippen LogP contribution in [0.4, 0.5) is 0 Å². The molecule has 0 spiro atoms. The van der Waals surface area contributed by atoms with Crippen LogP contribution in [-0.4, -0.2) is 73.1 Å². The smallest absolute Gasteiger partial charge is 0.223 e. The number of morpholine rings is 1. The molecule has 122 valence electrons. The van der Waals surface area contributed by atoms with Crippen molar-refractivity contribution in [3.8, 4) is 0 Å². The van der Waals surface area contributed by atoms with E-state index in [1.165, 1.54) is 0 Å². The van der Waals surface area contributed by atoms with Gasteiger partial charge in [0.15, 0.2) is 0 Å². The Hall–Kier alpha value is -1.02. The number of hydrogen-bond acceptors (Lipinski definition) is 6. The molecule has 0 aliphatic carbocycles. The zero-order valence-corrected chi connectivity index (χ0v) is 13.9. The van der Waals surface area contributed by atoms with Crippen LogP contribution in [-0.2, 0) is 9.53 Å². The van der Waals surface area contributed by atoms with Crippen LogP contribution in [0.3, 0.4) is 0 Å². The van der Waals surface area contributed by atoms with Crippen LogP contribution in [0.25, 0.3) is 0 Å². The average molecular weight is 324 g/mol. The molecule has 0 radical (unpaired) electrons. The number of nitrogens with one attached hydrogen (secondary N) is 1. The van der Waals surface area contributed by atoms with Crippen LogP contribution in [0.15, 0.2) is 5.38 Å². The third-order valence-electron chi connectivity index (χ3n) is 4.17. The summed E-state index contributed by atoms with van der Waals surface area (Å²) >= 11 is 1.66. The molecule has 2 aliphatic rings. The summed E-state index contributed by atoms with van der Waals surface area (Å²) in [6, 6.07) is 0. The standard InChI is InChI=1S/C15H24N4O2S/c1-12-11-22-15(17-12)13-10-18(8-9-21-13)5-2-14(20)19-6-3-16-4-7-19/h11,13,16H,2-10H2,1H3. The van der Waals surface area contributed by atoms with Crippen LogP contribution >= 0.6 is 11.3 Å². The van der Waals surface area contributed by atoms with E-state index in [-0.39, 0.29) is 12.0 Å². The summed E-state index contributed by atoms with van der Waals surface area (Å²) in [6.07, 6.45) is 0.658. The van der Waals surface area contributed by atoms with Crippen LogP contribution in [0, 0.1) is 6.92 Å². The molecule has 1 unspecified atom stereocenters. The van der Waals surface area contributed by atoms with Crippen molar-refractivity contribution in [2.24, 2.45) is 0 Å². The predicted molar refractivity (Wildman–Crippen MR) is 86.1 cm³/mol. The molecule has 0 aromatic carbocycles. The van der Waals surface area contributed by atoms with Gasteiger partial charge in [0, 0.05) is 63.3 Å². The van der Waals surface area contributed by atoms with E-state index in [2.05, 4.69) is 20.6 Å². The van der Waals surface area contributed by atoms with Gasteiger partial charge in [-0.1, -0.05) is 0 Å². The SMILES string of the molecule is Cc1csc(C2CN(CCC(=O)N3CCNCC3)CCO2)n1. The number of nitrogens with zero attached hydrogens (tertiary/aromatic N) is 3. The summed E-state index contributed by atoms with van der Waals surface area (Å²) in [5, 5.41) is 6.39. The predicted octanol–water partition coefficient (Wildman–Crippen LogP) is 0.647. The Morgan fingerprint density at radius 3 is 3.00 bits per heavy atom. The van der Waals surface area contributed by atoms with Gasteiger partial charge in [-0.05, 0) is 6.92 Å². The monoisotopic (exact) mass is 324 g/mol. The molecule has 1 aromatic rings. The molecular weight excluding hydrogens is 300 g/mol. The minimum absolute atomic E-state index is 0.0572. The van der Waals surface area contributed by atoms with Gasteiger partial charge in [0.05, 0.1) is 6.61 Å². The zero-order valence-electron chi connectivity index (χ0n) is 13.1. The molecular formula is C15H24N4O2S. The number of rotatable bonds is 4. The molecule has 1 atom stereocenters. The molecule has 2 fully saturated rings. The Balaban J connectivity index is 1.47. The van der Waals surface area contributed by atoms with Crippen LogP contribution in [0.2, 0.25) is 0 Å². The summed E-state index contributed by atoms with van der Waals surface area (Å²) in [5.41, 5.74) is 1.05. The van der Waals surface area contributed by atoms with Gasteiger partial charge in [0.2, 0.25) is 5.91 Å². The Kier molecular flexibility index (Phi) is 5.41. The summed E-state index contributed by atoms with van der Waals surface area (Å²) in [4.78, 5) is 21.0. The lowest BCUT2D eigenvalue weighted by Crippen LogP contribution is -2.47. The topological polar surface area (TPSA) is 57.7 Å². The highest BCUT2D eigenvalue weighted by molar-refractivity contribution is 7.09. The first-order chi connectivity index (χ1) is 10.7. The first-order valence-corrected chi connectivity index (χ1v) is 8.85. The maximum absolute atomic E-state index is 12.2. The molecule has 2 saturated heterocycles. The fourth-order valence-electron chi connectivity index (χ4n) is 2.90. The lowest BCUT2D eigenvalue weighted by atomic mass is 10.2. The highest BCUT2D eigenvalue weighted by Crippen LogP contribution is 2.25. The minimum Gasteiger partial charge on any atom is -0.368 e. The summed E-state index contributed by atoms with van der Waals surface area (Å²) < 4.78 is 5.83. The van der Waals surface area contributed by atoms with Gasteiger partial charge in [0.1, 0.15) is 11.1 Å². The van der Waals surface area contributed by atoms with E-state index in [1.807, 2.05) is 11.8 Å². The molecule has 1 aromatic heterocycles. The van der Waals surface area contributed by atoms with Gasteiger partial charge < -0.3 is 15.0 Å². The Morgan fingerprint density at radius 1 is 1.45 bits per heavy atom. The van der Waals surface area contributed by atoms with Gasteiger partial charge in [-0.3, -0.25) is 9.69 Å². The van der Waals surface area contributed by atoms with Crippen molar-refractivity contribution in [2.45, 2.75) is 19.4 Å². The van der Waals surface area contributed by atoms with Crippen molar-refractivity contribution in [3.05, 3.63) is 16.1 Å². The second-order valence-corrected chi connectivity index (χ2v) is 6.76. The van der Waals surface area contributed by atoms with E-state index in [4.69, 9.17) is 4.74 Å². The molecule has 1 N–H and O–H groups in total. The fraction of sp³-hybridized carbons (Fsp3) is 0.733. The number of ether oxygens (including phenoxy) is 1. The highest BCUT2D eigenvalue weighted by atomic mass is 32.1. The number of thiazole rings is 1. The number of carbonyl (C=O) groups is 1. The number of hydrogen-bond donors (Lipinski definition) is 1. The largest absolute Gasteiger partial charge is 0.368 e. The second kappa shape index (κ2) is 7.50. The minimum atomic E-state index is 0.0572. The van der Waals surface area contributed by atoms with E-state index in [1.54, 1.807) is 11.3 Å². The van der Waals surface area contributed by atoms with Crippen molar-refractivity contribution in [1.29, 1.82) is 0 Å². The molecule has 0 bridgehead atoms. The molecule has 3 rings (SSSR count). The third kappa shape index (κ3) is 4.04. The van der Waals surface area contributed by atoms with Crippen molar-refractivity contribution < 1.29 is 9.53 Å². The van der Waals surface area contributed by atoms with Gasteiger partial charge in [-0.25, -0.2) is 4.98 Å². The second-order valence-electron chi connectivity index (χ2n) is 5.87. The molecule has 22 heavy (non-hydrogen) atoms.